The Bertz CT molecular complexity index is 626. The highest BCUT2D eigenvalue weighted by Gasteiger charge is 2.29. The molecule has 1 fully saturated rings. The van der Waals surface area contributed by atoms with Crippen LogP contribution < -0.4 is 5.32 Å². The Morgan fingerprint density at radius 2 is 2.18 bits per heavy atom. The van der Waals surface area contributed by atoms with Gasteiger partial charge in [-0.3, -0.25) is 9.78 Å². The zero-order valence-electron chi connectivity index (χ0n) is 12.6. The van der Waals surface area contributed by atoms with Crippen molar-refractivity contribution in [1.82, 2.24) is 19.9 Å². The van der Waals surface area contributed by atoms with E-state index in [9.17, 15) is 4.79 Å². The second kappa shape index (κ2) is 6.70. The first-order valence-electron chi connectivity index (χ1n) is 7.46. The molecule has 1 saturated heterocycles. The molecule has 1 N–H and O–H groups in total. The van der Waals surface area contributed by atoms with E-state index in [1.165, 1.54) is 5.56 Å². The Hall–Kier alpha value is -2.21. The summed E-state index contributed by atoms with van der Waals surface area (Å²) in [4.78, 5) is 20.3. The molecule has 0 radical (unpaired) electrons. The number of imidazole rings is 1. The number of aryl methyl sites for hydroxylation is 1. The normalized spacial score (nSPS) is 21.0. The van der Waals surface area contributed by atoms with Gasteiger partial charge in [-0.15, -0.1) is 0 Å². The fourth-order valence-electron chi connectivity index (χ4n) is 2.76. The van der Waals surface area contributed by atoms with Gasteiger partial charge in [0.1, 0.15) is 12.4 Å². The quantitative estimate of drug-likeness (QED) is 0.893. The minimum Gasteiger partial charge on any atom is -0.379 e. The number of hydrogen-bond donors (Lipinski definition) is 1. The van der Waals surface area contributed by atoms with Gasteiger partial charge in [0.2, 0.25) is 5.91 Å². The van der Waals surface area contributed by atoms with Crippen LogP contribution in [0.5, 0.6) is 0 Å². The molecule has 0 spiro atoms. The monoisotopic (exact) mass is 300 g/mol. The van der Waals surface area contributed by atoms with Crippen molar-refractivity contribution in [1.29, 1.82) is 0 Å². The van der Waals surface area contributed by atoms with E-state index in [1.54, 1.807) is 18.6 Å². The second-order valence-electron chi connectivity index (χ2n) is 5.63. The number of carbonyl (C=O) groups is 1. The third-order valence-electron chi connectivity index (χ3n) is 4.03. The van der Waals surface area contributed by atoms with Crippen molar-refractivity contribution in [2.24, 2.45) is 5.92 Å². The lowest BCUT2D eigenvalue weighted by Crippen LogP contribution is -2.42. The first-order valence-corrected chi connectivity index (χ1v) is 7.46. The molecule has 3 heterocycles. The van der Waals surface area contributed by atoms with E-state index >= 15 is 0 Å². The van der Waals surface area contributed by atoms with Crippen molar-refractivity contribution < 1.29 is 9.53 Å². The lowest BCUT2D eigenvalue weighted by molar-refractivity contribution is -0.122. The maximum Gasteiger partial charge on any atom is 0.240 e. The molecule has 0 aromatic carbocycles. The number of aromatic nitrogens is 3. The SMILES string of the molecule is Cc1nccn1CC(=O)N[C@@H]1COC[C@H]1Cc1ccncc1. The summed E-state index contributed by atoms with van der Waals surface area (Å²) in [6.07, 6.45) is 7.99. The second-order valence-corrected chi connectivity index (χ2v) is 5.63. The first-order chi connectivity index (χ1) is 10.7. The van der Waals surface area contributed by atoms with Crippen LogP contribution in [0.2, 0.25) is 0 Å². The van der Waals surface area contributed by atoms with Crippen LogP contribution in [0, 0.1) is 12.8 Å². The predicted octanol–water partition coefficient (Wildman–Crippen LogP) is 0.960. The van der Waals surface area contributed by atoms with Crippen molar-refractivity contribution in [2.75, 3.05) is 13.2 Å². The maximum absolute atomic E-state index is 12.2. The third-order valence-corrected chi connectivity index (χ3v) is 4.03. The van der Waals surface area contributed by atoms with Crippen LogP contribution in [0.3, 0.4) is 0 Å². The number of rotatable bonds is 5. The lowest BCUT2D eigenvalue weighted by Gasteiger charge is -2.19. The Kier molecular flexibility index (Phi) is 4.48. The minimum absolute atomic E-state index is 0.00340. The molecule has 2 atom stereocenters. The summed E-state index contributed by atoms with van der Waals surface area (Å²) in [5.74, 6) is 1.14. The Labute approximate surface area is 129 Å². The minimum atomic E-state index is -0.00340. The van der Waals surface area contributed by atoms with E-state index in [0.29, 0.717) is 25.7 Å². The number of nitrogens with zero attached hydrogens (tertiary/aromatic N) is 3. The molecule has 3 rings (SSSR count). The van der Waals surface area contributed by atoms with Crippen molar-refractivity contribution >= 4 is 5.91 Å². The molecule has 116 valence electrons. The van der Waals surface area contributed by atoms with Crippen molar-refractivity contribution in [2.45, 2.75) is 25.9 Å². The van der Waals surface area contributed by atoms with Gasteiger partial charge >= 0.3 is 0 Å². The van der Waals surface area contributed by atoms with Gasteiger partial charge < -0.3 is 14.6 Å². The van der Waals surface area contributed by atoms with Gasteiger partial charge in [0.05, 0.1) is 19.3 Å². The third kappa shape index (κ3) is 3.51. The summed E-state index contributed by atoms with van der Waals surface area (Å²) < 4.78 is 7.39. The molecular formula is C16H20N4O2. The average Bonchev–Trinajstić information content (AvgIpc) is 3.10. The largest absolute Gasteiger partial charge is 0.379 e. The van der Waals surface area contributed by atoms with E-state index < -0.39 is 0 Å². The number of pyridine rings is 1. The van der Waals surface area contributed by atoms with Gasteiger partial charge in [-0.25, -0.2) is 4.98 Å². The van der Waals surface area contributed by atoms with E-state index in [0.717, 1.165) is 12.2 Å². The van der Waals surface area contributed by atoms with Crippen LogP contribution in [0.15, 0.2) is 36.9 Å². The highest BCUT2D eigenvalue weighted by molar-refractivity contribution is 5.76. The number of ether oxygens (including phenoxy) is 1. The van der Waals surface area contributed by atoms with Crippen molar-refractivity contribution in [3.8, 4) is 0 Å². The van der Waals surface area contributed by atoms with Gasteiger partial charge in [-0.05, 0) is 31.0 Å². The molecule has 6 heteroatoms. The van der Waals surface area contributed by atoms with Gasteiger partial charge in [-0.2, -0.15) is 0 Å². The number of nitrogens with one attached hydrogen (secondary N) is 1. The summed E-state index contributed by atoms with van der Waals surface area (Å²) in [7, 11) is 0. The van der Waals surface area contributed by atoms with E-state index in [-0.39, 0.29) is 11.9 Å². The van der Waals surface area contributed by atoms with Crippen LogP contribution in [0.25, 0.3) is 0 Å². The molecule has 0 aliphatic carbocycles. The molecule has 2 aromatic rings. The van der Waals surface area contributed by atoms with Crippen LogP contribution >= 0.6 is 0 Å². The predicted molar refractivity (Wildman–Crippen MR) is 81.1 cm³/mol. The molecular weight excluding hydrogens is 280 g/mol. The summed E-state index contributed by atoms with van der Waals surface area (Å²) in [5, 5.41) is 3.09. The molecule has 2 aromatic heterocycles. The van der Waals surface area contributed by atoms with E-state index in [1.807, 2.05) is 29.8 Å². The summed E-state index contributed by atoms with van der Waals surface area (Å²) in [6, 6.07) is 4.07. The fraction of sp³-hybridized carbons (Fsp3) is 0.438. The standard InChI is InChI=1S/C16H20N4O2/c1-12-18-6-7-20(12)9-16(21)19-15-11-22-10-14(15)8-13-2-4-17-5-3-13/h2-7,14-15H,8-11H2,1H3,(H,19,21)/t14-,15-/m1/s1. The topological polar surface area (TPSA) is 69.0 Å². The van der Waals surface area contributed by atoms with Crippen LogP contribution in [-0.2, 0) is 22.5 Å². The Balaban J connectivity index is 1.57. The van der Waals surface area contributed by atoms with Crippen LogP contribution in [0.4, 0.5) is 0 Å². The van der Waals surface area contributed by atoms with Crippen LogP contribution in [-0.4, -0.2) is 39.7 Å². The summed E-state index contributed by atoms with van der Waals surface area (Å²) in [5.41, 5.74) is 1.22. The van der Waals surface area contributed by atoms with E-state index in [4.69, 9.17) is 4.74 Å². The van der Waals surface area contributed by atoms with E-state index in [2.05, 4.69) is 15.3 Å². The number of carbonyl (C=O) groups excluding carboxylic acids is 1. The first kappa shape index (κ1) is 14.7. The molecule has 6 nitrogen and oxygen atoms in total. The highest BCUT2D eigenvalue weighted by atomic mass is 16.5. The average molecular weight is 300 g/mol. The molecule has 0 saturated carbocycles. The molecule has 1 aliphatic heterocycles. The zero-order valence-corrected chi connectivity index (χ0v) is 12.6. The molecule has 1 aliphatic rings. The molecule has 0 bridgehead atoms. The fourth-order valence-corrected chi connectivity index (χ4v) is 2.76. The zero-order chi connectivity index (χ0) is 15.4. The lowest BCUT2D eigenvalue weighted by atomic mass is 9.95. The highest BCUT2D eigenvalue weighted by Crippen LogP contribution is 2.19. The van der Waals surface area contributed by atoms with Crippen molar-refractivity contribution in [3.63, 3.8) is 0 Å². The molecule has 1 amide bonds. The van der Waals surface area contributed by atoms with Crippen molar-refractivity contribution in [3.05, 3.63) is 48.3 Å². The molecule has 22 heavy (non-hydrogen) atoms. The Morgan fingerprint density at radius 3 is 2.91 bits per heavy atom. The van der Waals surface area contributed by atoms with Gasteiger partial charge in [0, 0.05) is 30.7 Å². The van der Waals surface area contributed by atoms with Gasteiger partial charge in [0.15, 0.2) is 0 Å². The summed E-state index contributed by atoms with van der Waals surface area (Å²) >= 11 is 0. The number of hydrogen-bond acceptors (Lipinski definition) is 4. The molecule has 0 unspecified atom stereocenters. The van der Waals surface area contributed by atoms with Gasteiger partial charge in [-0.1, -0.05) is 0 Å². The van der Waals surface area contributed by atoms with Crippen LogP contribution in [0.1, 0.15) is 11.4 Å². The number of amides is 1. The van der Waals surface area contributed by atoms with Gasteiger partial charge in [0.25, 0.3) is 0 Å². The Morgan fingerprint density at radius 1 is 1.36 bits per heavy atom. The summed E-state index contributed by atoms with van der Waals surface area (Å²) in [6.45, 7) is 3.43. The smallest absolute Gasteiger partial charge is 0.240 e. The maximum atomic E-state index is 12.2.